The Bertz CT molecular complexity index is 713. The number of piperazine rings is 1. The molecule has 28 heavy (non-hydrogen) atoms. The van der Waals surface area contributed by atoms with Crippen molar-refractivity contribution in [3.8, 4) is 5.75 Å². The molecule has 1 aromatic carbocycles. The van der Waals surface area contributed by atoms with E-state index in [0.717, 1.165) is 0 Å². The second-order valence-corrected chi connectivity index (χ2v) is 6.47. The van der Waals surface area contributed by atoms with Gasteiger partial charge >= 0.3 is 5.97 Å². The van der Waals surface area contributed by atoms with E-state index in [-0.39, 0.29) is 37.2 Å². The van der Waals surface area contributed by atoms with Gasteiger partial charge in [0.25, 0.3) is 0 Å². The summed E-state index contributed by atoms with van der Waals surface area (Å²) in [5.41, 5.74) is 0.430. The predicted molar refractivity (Wildman–Crippen MR) is 99.0 cm³/mol. The summed E-state index contributed by atoms with van der Waals surface area (Å²) >= 11 is 0. The summed E-state index contributed by atoms with van der Waals surface area (Å²) < 4.78 is 23.8. The Morgan fingerprint density at radius 1 is 1.36 bits per heavy atom. The lowest BCUT2D eigenvalue weighted by molar-refractivity contribution is -0.140. The number of hydrogen-bond acceptors (Lipinski definition) is 6. The number of rotatable bonds is 9. The minimum Gasteiger partial charge on any atom is -0.497 e. The number of methoxy groups -OCH3 is 2. The van der Waals surface area contributed by atoms with E-state index in [1.165, 1.54) is 20.3 Å². The Balaban J connectivity index is 1.93. The third-order valence-corrected chi connectivity index (χ3v) is 4.56. The van der Waals surface area contributed by atoms with Gasteiger partial charge in [0.15, 0.2) is 0 Å². The van der Waals surface area contributed by atoms with Crippen LogP contribution in [-0.2, 0) is 25.7 Å². The monoisotopic (exact) mass is 395 g/mol. The third kappa shape index (κ3) is 6.19. The first-order valence-corrected chi connectivity index (χ1v) is 9.12. The average molecular weight is 395 g/mol. The lowest BCUT2D eigenvalue weighted by atomic mass is 10.1. The minimum atomic E-state index is -0.684. The van der Waals surface area contributed by atoms with Gasteiger partial charge in [-0.15, -0.1) is 0 Å². The van der Waals surface area contributed by atoms with E-state index >= 15 is 0 Å². The van der Waals surface area contributed by atoms with Gasteiger partial charge < -0.3 is 20.1 Å². The van der Waals surface area contributed by atoms with E-state index in [2.05, 4.69) is 15.4 Å². The lowest BCUT2D eigenvalue weighted by Gasteiger charge is -2.34. The van der Waals surface area contributed by atoms with Crippen molar-refractivity contribution in [3.63, 3.8) is 0 Å². The summed E-state index contributed by atoms with van der Waals surface area (Å²) in [6, 6.07) is 3.88. The third-order valence-electron chi connectivity index (χ3n) is 4.56. The van der Waals surface area contributed by atoms with E-state index in [4.69, 9.17) is 4.74 Å². The van der Waals surface area contributed by atoms with Gasteiger partial charge in [-0.1, -0.05) is 6.07 Å². The van der Waals surface area contributed by atoms with E-state index < -0.39 is 11.9 Å². The SMILES string of the molecule is COC(=O)CCCNC(=O)CC1C(=O)NCCN1Cc1ccc(OC)cc1F. The standard InChI is InChI=1S/C19H26FN3O5/c1-27-14-6-5-13(15(20)10-14)12-23-9-8-22-19(26)16(23)11-17(24)21-7-3-4-18(25)28-2/h5-6,10,16H,3-4,7-9,11-12H2,1-2H3,(H,21,24)(H,22,26). The van der Waals surface area contributed by atoms with Crippen LogP contribution in [0.1, 0.15) is 24.8 Å². The summed E-state index contributed by atoms with van der Waals surface area (Å²) in [7, 11) is 2.77. The van der Waals surface area contributed by atoms with Crippen LogP contribution in [0.4, 0.5) is 4.39 Å². The molecule has 0 radical (unpaired) electrons. The van der Waals surface area contributed by atoms with Crippen LogP contribution in [0.15, 0.2) is 18.2 Å². The van der Waals surface area contributed by atoms with Crippen LogP contribution in [0.3, 0.4) is 0 Å². The van der Waals surface area contributed by atoms with Gasteiger partial charge in [-0.3, -0.25) is 19.3 Å². The number of nitrogens with one attached hydrogen (secondary N) is 2. The predicted octanol–water partition coefficient (Wildman–Crippen LogP) is 0.594. The zero-order valence-corrected chi connectivity index (χ0v) is 16.1. The summed E-state index contributed by atoms with van der Waals surface area (Å²) in [5.74, 6) is -0.900. The smallest absolute Gasteiger partial charge is 0.305 e. The van der Waals surface area contributed by atoms with Crippen LogP contribution >= 0.6 is 0 Å². The van der Waals surface area contributed by atoms with Crippen LogP contribution in [-0.4, -0.2) is 62.6 Å². The molecule has 2 N–H and O–H groups in total. The van der Waals surface area contributed by atoms with Crippen molar-refractivity contribution >= 4 is 17.8 Å². The molecule has 1 aliphatic heterocycles. The number of esters is 1. The molecule has 154 valence electrons. The van der Waals surface area contributed by atoms with E-state index in [9.17, 15) is 18.8 Å². The molecule has 1 fully saturated rings. The molecular weight excluding hydrogens is 369 g/mol. The van der Waals surface area contributed by atoms with Crippen molar-refractivity contribution in [2.75, 3.05) is 33.9 Å². The molecule has 1 atom stereocenters. The molecule has 1 unspecified atom stereocenters. The van der Waals surface area contributed by atoms with Gasteiger partial charge in [0.1, 0.15) is 11.6 Å². The molecule has 0 aliphatic carbocycles. The number of hydrogen-bond donors (Lipinski definition) is 2. The van der Waals surface area contributed by atoms with Crippen LogP contribution < -0.4 is 15.4 Å². The fourth-order valence-corrected chi connectivity index (χ4v) is 2.99. The van der Waals surface area contributed by atoms with Crippen LogP contribution in [0.5, 0.6) is 5.75 Å². The van der Waals surface area contributed by atoms with Crippen molar-refractivity contribution in [2.24, 2.45) is 0 Å². The summed E-state index contributed by atoms with van der Waals surface area (Å²) in [6.07, 6.45) is 0.626. The van der Waals surface area contributed by atoms with Crippen LogP contribution in [0.2, 0.25) is 0 Å². The molecule has 9 heteroatoms. The Kier molecular flexibility index (Phi) is 8.19. The number of carbonyl (C=O) groups is 3. The number of carbonyl (C=O) groups excluding carboxylic acids is 3. The molecule has 1 heterocycles. The molecule has 1 aromatic rings. The van der Waals surface area contributed by atoms with E-state index in [1.807, 2.05) is 0 Å². The molecule has 0 saturated carbocycles. The molecule has 8 nitrogen and oxygen atoms in total. The normalized spacial score (nSPS) is 17.0. The van der Waals surface area contributed by atoms with Crippen LogP contribution in [0.25, 0.3) is 0 Å². The van der Waals surface area contributed by atoms with Crippen molar-refractivity contribution in [1.82, 2.24) is 15.5 Å². The van der Waals surface area contributed by atoms with E-state index in [1.54, 1.807) is 17.0 Å². The van der Waals surface area contributed by atoms with Gasteiger partial charge in [0.2, 0.25) is 11.8 Å². The molecular formula is C19H26FN3O5. The fraction of sp³-hybridized carbons (Fsp3) is 0.526. The largest absolute Gasteiger partial charge is 0.497 e. The van der Waals surface area contributed by atoms with Gasteiger partial charge in [0.05, 0.1) is 26.7 Å². The fourth-order valence-electron chi connectivity index (χ4n) is 2.99. The number of halogens is 1. The molecule has 1 aliphatic rings. The zero-order chi connectivity index (χ0) is 20.5. The highest BCUT2D eigenvalue weighted by atomic mass is 19.1. The molecule has 1 saturated heterocycles. The topological polar surface area (TPSA) is 97.0 Å². The van der Waals surface area contributed by atoms with Gasteiger partial charge in [-0.05, 0) is 12.5 Å². The Morgan fingerprint density at radius 2 is 2.14 bits per heavy atom. The number of nitrogens with zero attached hydrogens (tertiary/aromatic N) is 1. The van der Waals surface area contributed by atoms with Crippen LogP contribution in [0, 0.1) is 5.82 Å². The first kappa shape index (κ1) is 21.6. The highest BCUT2D eigenvalue weighted by molar-refractivity contribution is 5.88. The molecule has 2 amide bonds. The lowest BCUT2D eigenvalue weighted by Crippen LogP contribution is -2.56. The molecule has 0 spiro atoms. The number of ether oxygens (including phenoxy) is 2. The van der Waals surface area contributed by atoms with Gasteiger partial charge in [0, 0.05) is 44.2 Å². The maximum absolute atomic E-state index is 14.3. The maximum Gasteiger partial charge on any atom is 0.305 e. The minimum absolute atomic E-state index is 0.0398. The summed E-state index contributed by atoms with van der Waals surface area (Å²) in [6.45, 7) is 1.48. The first-order chi connectivity index (χ1) is 13.4. The number of amides is 2. The molecule has 2 rings (SSSR count). The van der Waals surface area contributed by atoms with Gasteiger partial charge in [-0.25, -0.2) is 4.39 Å². The second kappa shape index (κ2) is 10.6. The molecule has 0 aromatic heterocycles. The maximum atomic E-state index is 14.3. The van der Waals surface area contributed by atoms with Crippen molar-refractivity contribution < 1.29 is 28.2 Å². The summed E-state index contributed by atoms with van der Waals surface area (Å²) in [5, 5.41) is 5.44. The first-order valence-electron chi connectivity index (χ1n) is 9.12. The highest BCUT2D eigenvalue weighted by Gasteiger charge is 2.32. The Labute approximate surface area is 163 Å². The zero-order valence-electron chi connectivity index (χ0n) is 16.1. The summed E-state index contributed by atoms with van der Waals surface area (Å²) in [4.78, 5) is 37.3. The van der Waals surface area contributed by atoms with Crippen molar-refractivity contribution in [3.05, 3.63) is 29.6 Å². The highest BCUT2D eigenvalue weighted by Crippen LogP contribution is 2.20. The van der Waals surface area contributed by atoms with Gasteiger partial charge in [-0.2, -0.15) is 0 Å². The van der Waals surface area contributed by atoms with E-state index in [0.29, 0.717) is 37.4 Å². The number of benzene rings is 1. The quantitative estimate of drug-likeness (QED) is 0.469. The molecule has 0 bridgehead atoms. The second-order valence-electron chi connectivity index (χ2n) is 6.47. The van der Waals surface area contributed by atoms with Crippen molar-refractivity contribution in [1.29, 1.82) is 0 Å². The Morgan fingerprint density at radius 3 is 2.82 bits per heavy atom. The van der Waals surface area contributed by atoms with Crippen molar-refractivity contribution in [2.45, 2.75) is 31.8 Å². The average Bonchev–Trinajstić information content (AvgIpc) is 2.69. The Hall–Kier alpha value is -2.68.